The van der Waals surface area contributed by atoms with Gasteiger partial charge in [-0.2, -0.15) is 0 Å². The fourth-order valence-corrected chi connectivity index (χ4v) is 3.75. The Morgan fingerprint density at radius 3 is 2.57 bits per heavy atom. The highest BCUT2D eigenvalue weighted by atomic mass is 35.5. The van der Waals surface area contributed by atoms with Gasteiger partial charge in [0.1, 0.15) is 5.70 Å². The molecule has 2 amide bonds. The van der Waals surface area contributed by atoms with Crippen molar-refractivity contribution in [1.82, 2.24) is 9.80 Å². The second-order valence-corrected chi connectivity index (χ2v) is 7.05. The van der Waals surface area contributed by atoms with Gasteiger partial charge in [0.15, 0.2) is 0 Å². The number of imide groups is 1. The molecule has 1 aromatic carbocycles. The van der Waals surface area contributed by atoms with Crippen LogP contribution in [0.5, 0.6) is 0 Å². The van der Waals surface area contributed by atoms with Gasteiger partial charge in [0.25, 0.3) is 11.8 Å². The summed E-state index contributed by atoms with van der Waals surface area (Å²) in [4.78, 5) is 28.4. The maximum Gasteiger partial charge on any atom is 0.277 e. The van der Waals surface area contributed by atoms with E-state index in [1.165, 1.54) is 7.05 Å². The van der Waals surface area contributed by atoms with Gasteiger partial charge in [-0.3, -0.25) is 14.5 Å². The Bertz CT molecular complexity index is 715. The fourth-order valence-electron chi connectivity index (χ4n) is 3.25. The average molecular weight is 353 g/mol. The molecule has 0 radical (unpaired) electrons. The van der Waals surface area contributed by atoms with Gasteiger partial charge in [0.05, 0.1) is 10.6 Å². The fraction of sp³-hybridized carbons (Fsp3) is 0.412. The zero-order valence-corrected chi connectivity index (χ0v) is 14.6. The number of carbonyl (C=O) groups is 2. The van der Waals surface area contributed by atoms with Gasteiger partial charge < -0.3 is 4.90 Å². The SMILES string of the molecule is CC1CCCN(C2=C(c3ccc(Cl)cc3Cl)C(=O)N(C)C2=O)C1. The molecule has 0 N–H and O–H groups in total. The number of likely N-dealkylation sites (N-methyl/N-ethyl adjacent to an activating group) is 1. The van der Waals surface area contributed by atoms with Gasteiger partial charge in [0.2, 0.25) is 0 Å². The molecule has 6 heteroatoms. The second-order valence-electron chi connectivity index (χ2n) is 6.21. The summed E-state index contributed by atoms with van der Waals surface area (Å²) in [7, 11) is 1.51. The third kappa shape index (κ3) is 2.86. The lowest BCUT2D eigenvalue weighted by atomic mass is 9.97. The van der Waals surface area contributed by atoms with Crippen LogP contribution < -0.4 is 0 Å². The van der Waals surface area contributed by atoms with Crippen LogP contribution in [0.25, 0.3) is 5.57 Å². The van der Waals surface area contributed by atoms with E-state index in [2.05, 4.69) is 6.92 Å². The molecule has 1 saturated heterocycles. The van der Waals surface area contributed by atoms with Gasteiger partial charge in [-0.15, -0.1) is 0 Å². The molecule has 1 fully saturated rings. The Morgan fingerprint density at radius 2 is 1.91 bits per heavy atom. The Morgan fingerprint density at radius 1 is 1.17 bits per heavy atom. The van der Waals surface area contributed by atoms with Crippen molar-refractivity contribution in [3.63, 3.8) is 0 Å². The molecule has 23 heavy (non-hydrogen) atoms. The minimum atomic E-state index is -0.313. The number of hydrogen-bond acceptors (Lipinski definition) is 3. The van der Waals surface area contributed by atoms with Crippen molar-refractivity contribution < 1.29 is 9.59 Å². The average Bonchev–Trinajstić information content (AvgIpc) is 2.72. The maximum atomic E-state index is 12.6. The van der Waals surface area contributed by atoms with E-state index in [9.17, 15) is 9.59 Å². The van der Waals surface area contributed by atoms with Crippen LogP contribution in [0.2, 0.25) is 10.0 Å². The smallest absolute Gasteiger partial charge is 0.277 e. The van der Waals surface area contributed by atoms with Crippen molar-refractivity contribution in [1.29, 1.82) is 0 Å². The largest absolute Gasteiger partial charge is 0.366 e. The highest BCUT2D eigenvalue weighted by molar-refractivity contribution is 6.41. The summed E-state index contributed by atoms with van der Waals surface area (Å²) < 4.78 is 0. The quantitative estimate of drug-likeness (QED) is 0.765. The van der Waals surface area contributed by atoms with Crippen molar-refractivity contribution >= 4 is 40.6 Å². The first-order valence-electron chi connectivity index (χ1n) is 7.67. The van der Waals surface area contributed by atoms with Crippen molar-refractivity contribution in [3.8, 4) is 0 Å². The minimum Gasteiger partial charge on any atom is -0.366 e. The molecule has 0 spiro atoms. The van der Waals surface area contributed by atoms with Crippen LogP contribution in [-0.4, -0.2) is 41.8 Å². The number of hydrogen-bond donors (Lipinski definition) is 0. The van der Waals surface area contributed by atoms with E-state index < -0.39 is 0 Å². The number of rotatable bonds is 2. The van der Waals surface area contributed by atoms with Gasteiger partial charge in [-0.1, -0.05) is 36.2 Å². The minimum absolute atomic E-state index is 0.259. The predicted octanol–water partition coefficient (Wildman–Crippen LogP) is 3.44. The first-order valence-corrected chi connectivity index (χ1v) is 8.42. The van der Waals surface area contributed by atoms with E-state index in [1.54, 1.807) is 18.2 Å². The van der Waals surface area contributed by atoms with E-state index in [0.29, 0.717) is 32.8 Å². The zero-order valence-electron chi connectivity index (χ0n) is 13.1. The van der Waals surface area contributed by atoms with Gasteiger partial charge in [-0.25, -0.2) is 0 Å². The molecule has 0 bridgehead atoms. The number of likely N-dealkylation sites (tertiary alicyclic amines) is 1. The molecule has 1 unspecified atom stereocenters. The topological polar surface area (TPSA) is 40.6 Å². The lowest BCUT2D eigenvalue weighted by Crippen LogP contribution is -2.38. The van der Waals surface area contributed by atoms with Crippen molar-refractivity contribution in [2.24, 2.45) is 5.92 Å². The molecule has 122 valence electrons. The summed E-state index contributed by atoms with van der Waals surface area (Å²) in [5, 5.41) is 0.879. The van der Waals surface area contributed by atoms with E-state index in [4.69, 9.17) is 23.2 Å². The Labute approximate surface area is 145 Å². The molecule has 2 heterocycles. The molecule has 4 nitrogen and oxygen atoms in total. The number of amides is 2. The summed E-state index contributed by atoms with van der Waals surface area (Å²) in [5.74, 6) is -0.0791. The van der Waals surface area contributed by atoms with Crippen LogP contribution in [0.1, 0.15) is 25.3 Å². The molecular formula is C17H18Cl2N2O2. The van der Waals surface area contributed by atoms with Gasteiger partial charge in [-0.05, 0) is 30.9 Å². The van der Waals surface area contributed by atoms with E-state index in [0.717, 1.165) is 30.8 Å². The summed E-state index contributed by atoms with van der Waals surface area (Å²) in [6.07, 6.45) is 2.15. The predicted molar refractivity (Wildman–Crippen MR) is 91.1 cm³/mol. The van der Waals surface area contributed by atoms with Gasteiger partial charge in [0, 0.05) is 30.7 Å². The first-order chi connectivity index (χ1) is 10.9. The Hall–Kier alpha value is -1.52. The normalized spacial score (nSPS) is 22.3. The number of piperidine rings is 1. The number of halogens is 2. The van der Waals surface area contributed by atoms with E-state index in [1.807, 2.05) is 4.90 Å². The van der Waals surface area contributed by atoms with Crippen molar-refractivity contribution in [3.05, 3.63) is 39.5 Å². The number of carbonyl (C=O) groups excluding carboxylic acids is 2. The summed E-state index contributed by atoms with van der Waals surface area (Å²) in [5.41, 5.74) is 1.41. The molecule has 0 aromatic heterocycles. The van der Waals surface area contributed by atoms with Crippen LogP contribution >= 0.6 is 23.2 Å². The third-order valence-corrected chi connectivity index (χ3v) is 4.98. The van der Waals surface area contributed by atoms with Crippen LogP contribution in [-0.2, 0) is 9.59 Å². The Balaban J connectivity index is 2.14. The molecular weight excluding hydrogens is 335 g/mol. The van der Waals surface area contributed by atoms with Crippen molar-refractivity contribution in [2.45, 2.75) is 19.8 Å². The summed E-state index contributed by atoms with van der Waals surface area (Å²) in [6.45, 7) is 3.71. The van der Waals surface area contributed by atoms with Crippen LogP contribution in [0.3, 0.4) is 0 Å². The highest BCUT2D eigenvalue weighted by Gasteiger charge is 2.40. The second kappa shape index (κ2) is 6.17. The lowest BCUT2D eigenvalue weighted by molar-refractivity contribution is -0.136. The van der Waals surface area contributed by atoms with Crippen LogP contribution in [0.15, 0.2) is 23.9 Å². The molecule has 2 aliphatic heterocycles. The van der Waals surface area contributed by atoms with Gasteiger partial charge >= 0.3 is 0 Å². The van der Waals surface area contributed by atoms with Crippen molar-refractivity contribution in [2.75, 3.05) is 20.1 Å². The van der Waals surface area contributed by atoms with Crippen LogP contribution in [0, 0.1) is 5.92 Å². The monoisotopic (exact) mass is 352 g/mol. The molecule has 0 aliphatic carbocycles. The zero-order chi connectivity index (χ0) is 16.7. The number of benzene rings is 1. The standard InChI is InChI=1S/C17H18Cl2N2O2/c1-10-4-3-7-21(9-10)15-14(16(22)20(2)17(15)23)12-6-5-11(18)8-13(12)19/h5-6,8,10H,3-4,7,9H2,1-2H3. The molecule has 3 rings (SSSR count). The summed E-state index contributed by atoms with van der Waals surface area (Å²) in [6, 6.07) is 4.98. The third-order valence-electron chi connectivity index (χ3n) is 4.44. The molecule has 2 aliphatic rings. The lowest BCUT2D eigenvalue weighted by Gasteiger charge is -2.33. The van der Waals surface area contributed by atoms with E-state index in [-0.39, 0.29) is 11.8 Å². The van der Waals surface area contributed by atoms with E-state index >= 15 is 0 Å². The van der Waals surface area contributed by atoms with Crippen LogP contribution in [0.4, 0.5) is 0 Å². The molecule has 1 aromatic rings. The molecule has 0 saturated carbocycles. The Kier molecular flexibility index (Phi) is 4.39. The highest BCUT2D eigenvalue weighted by Crippen LogP contribution is 2.36. The maximum absolute atomic E-state index is 12.6. The molecule has 1 atom stereocenters. The number of nitrogens with zero attached hydrogens (tertiary/aromatic N) is 2. The first kappa shape index (κ1) is 16.3. The summed E-state index contributed by atoms with van der Waals surface area (Å²) >= 11 is 12.2.